The number of carbonyl (C=O) groups excluding carboxylic acids is 3. The van der Waals surface area contributed by atoms with Crippen LogP contribution in [-0.2, 0) is 20.9 Å². The molecule has 0 aliphatic carbocycles. The average Bonchev–Trinajstić information content (AvgIpc) is 3.50. The fourth-order valence-electron chi connectivity index (χ4n) is 6.12. The van der Waals surface area contributed by atoms with Crippen molar-refractivity contribution < 1.29 is 19.5 Å². The zero-order chi connectivity index (χ0) is 25.3. The van der Waals surface area contributed by atoms with Crippen LogP contribution in [0.1, 0.15) is 25.3 Å². The second kappa shape index (κ2) is 10.2. The Labute approximate surface area is 211 Å². The van der Waals surface area contributed by atoms with Crippen LogP contribution in [0.4, 0.5) is 0 Å². The van der Waals surface area contributed by atoms with Crippen molar-refractivity contribution in [3.8, 4) is 0 Å². The molecule has 0 saturated carbocycles. The molecule has 1 spiro atoms. The molecule has 8 heteroatoms. The molecule has 3 aliphatic rings. The van der Waals surface area contributed by atoms with E-state index in [0.29, 0.717) is 26.1 Å². The summed E-state index contributed by atoms with van der Waals surface area (Å²) in [7, 11) is 1.73. The molecule has 2 bridgehead atoms. The van der Waals surface area contributed by atoms with Gasteiger partial charge in [0.2, 0.25) is 17.7 Å². The highest BCUT2D eigenvalue weighted by atomic mass is 32.2. The molecule has 188 valence electrons. The molecule has 3 saturated heterocycles. The molecular weight excluding hydrogens is 462 g/mol. The highest BCUT2D eigenvalue weighted by Gasteiger charge is 2.74. The van der Waals surface area contributed by atoms with Crippen molar-refractivity contribution in [3.63, 3.8) is 0 Å². The molecule has 35 heavy (non-hydrogen) atoms. The van der Waals surface area contributed by atoms with Gasteiger partial charge in [0.25, 0.3) is 0 Å². The molecular formula is C27H35N3O4S. The molecule has 6 atom stereocenters. The molecule has 0 radical (unpaired) electrons. The van der Waals surface area contributed by atoms with E-state index in [9.17, 15) is 19.5 Å². The highest BCUT2D eigenvalue weighted by molar-refractivity contribution is 8.02. The molecule has 0 aromatic heterocycles. The summed E-state index contributed by atoms with van der Waals surface area (Å²) in [5.74, 6) is -1.45. The first kappa shape index (κ1) is 25.5. The molecule has 3 heterocycles. The van der Waals surface area contributed by atoms with Gasteiger partial charge in [-0.3, -0.25) is 14.4 Å². The lowest BCUT2D eigenvalue weighted by Gasteiger charge is -2.39. The van der Waals surface area contributed by atoms with Gasteiger partial charge in [0, 0.05) is 31.9 Å². The van der Waals surface area contributed by atoms with E-state index < -0.39 is 28.7 Å². The molecule has 1 aromatic rings. The number of aliphatic hydroxyl groups excluding tert-OH is 1. The van der Waals surface area contributed by atoms with Gasteiger partial charge < -0.3 is 19.8 Å². The number of hydrogen-bond donors (Lipinski definition) is 1. The zero-order valence-corrected chi connectivity index (χ0v) is 21.3. The van der Waals surface area contributed by atoms with Crippen LogP contribution in [-0.4, -0.2) is 86.4 Å². The molecule has 7 nitrogen and oxygen atoms in total. The fraction of sp³-hybridized carbons (Fsp3) is 0.519. The van der Waals surface area contributed by atoms with Crippen LogP contribution in [0.15, 0.2) is 55.6 Å². The number of aliphatic hydroxyl groups is 1. The average molecular weight is 498 g/mol. The Hall–Kier alpha value is -2.58. The highest BCUT2D eigenvalue weighted by Crippen LogP contribution is 2.67. The predicted molar refractivity (Wildman–Crippen MR) is 137 cm³/mol. The van der Waals surface area contributed by atoms with Crippen molar-refractivity contribution in [2.24, 2.45) is 11.8 Å². The molecule has 1 N–H and O–H groups in total. The third-order valence-corrected chi connectivity index (χ3v) is 9.60. The number of benzene rings is 1. The van der Waals surface area contributed by atoms with Crippen LogP contribution in [0.2, 0.25) is 0 Å². The Morgan fingerprint density at radius 3 is 2.54 bits per heavy atom. The third-order valence-electron chi connectivity index (χ3n) is 7.65. The molecule has 1 aromatic carbocycles. The van der Waals surface area contributed by atoms with Crippen molar-refractivity contribution >= 4 is 29.5 Å². The number of likely N-dealkylation sites (tertiary alicyclic amines) is 1. The van der Waals surface area contributed by atoms with Crippen LogP contribution in [0.3, 0.4) is 0 Å². The predicted octanol–water partition coefficient (Wildman–Crippen LogP) is 2.32. The number of hydrogen-bond acceptors (Lipinski definition) is 5. The van der Waals surface area contributed by atoms with Crippen molar-refractivity contribution in [1.29, 1.82) is 0 Å². The topological polar surface area (TPSA) is 81.2 Å². The van der Waals surface area contributed by atoms with Gasteiger partial charge in [-0.05, 0) is 25.3 Å². The lowest BCUT2D eigenvalue weighted by Crippen LogP contribution is -2.56. The van der Waals surface area contributed by atoms with Crippen LogP contribution in [0.5, 0.6) is 0 Å². The summed E-state index contributed by atoms with van der Waals surface area (Å²) < 4.78 is -0.673. The number of rotatable bonds is 10. The molecule has 4 rings (SSSR count). The minimum Gasteiger partial charge on any atom is -0.394 e. The number of amides is 3. The maximum atomic E-state index is 14.2. The lowest BCUT2D eigenvalue weighted by atomic mass is 9.70. The number of fused-ring (bicyclic) bond motifs is 1. The summed E-state index contributed by atoms with van der Waals surface area (Å²) in [5.41, 5.74) is 0.991. The van der Waals surface area contributed by atoms with Gasteiger partial charge in [-0.2, -0.15) is 0 Å². The fourth-order valence-corrected chi connectivity index (χ4v) is 8.31. The van der Waals surface area contributed by atoms with Gasteiger partial charge in [-0.1, -0.05) is 42.5 Å². The Kier molecular flexibility index (Phi) is 7.43. The normalized spacial score (nSPS) is 29.6. The van der Waals surface area contributed by atoms with E-state index in [1.165, 1.54) is 0 Å². The van der Waals surface area contributed by atoms with Crippen molar-refractivity contribution in [1.82, 2.24) is 14.7 Å². The zero-order valence-electron chi connectivity index (χ0n) is 20.5. The monoisotopic (exact) mass is 497 g/mol. The Bertz CT molecular complexity index is 1000. The van der Waals surface area contributed by atoms with E-state index >= 15 is 0 Å². The summed E-state index contributed by atoms with van der Waals surface area (Å²) in [6.45, 7) is 10.2. The summed E-state index contributed by atoms with van der Waals surface area (Å²) in [5, 5.41) is 10.0. The largest absolute Gasteiger partial charge is 0.394 e. The minimum absolute atomic E-state index is 0.00701. The van der Waals surface area contributed by atoms with E-state index in [1.807, 2.05) is 30.3 Å². The van der Waals surface area contributed by atoms with Gasteiger partial charge in [0.15, 0.2) is 0 Å². The number of nitrogens with zero attached hydrogens (tertiary/aromatic N) is 3. The quantitative estimate of drug-likeness (QED) is 0.502. The van der Waals surface area contributed by atoms with Gasteiger partial charge in [-0.15, -0.1) is 24.9 Å². The maximum Gasteiger partial charge on any atom is 0.247 e. The SMILES string of the molecule is C=CCN(C)C(=O)[C@@H]1[C@@H]2CCC3(S2)C(C(=O)N(CC=C)Cc2ccccc2)N([C@H](C)CO)C(=O)[C@H]13. The van der Waals surface area contributed by atoms with Crippen molar-refractivity contribution in [2.45, 2.75) is 48.4 Å². The summed E-state index contributed by atoms with van der Waals surface area (Å²) in [6, 6.07) is 8.48. The molecule has 3 aliphatic heterocycles. The Balaban J connectivity index is 1.73. The van der Waals surface area contributed by atoms with E-state index in [-0.39, 0.29) is 29.6 Å². The molecule has 3 fully saturated rings. The molecule has 3 amide bonds. The molecule has 2 unspecified atom stereocenters. The van der Waals surface area contributed by atoms with Crippen molar-refractivity contribution in [2.75, 3.05) is 26.7 Å². The number of thioether (sulfide) groups is 1. The van der Waals surface area contributed by atoms with Gasteiger partial charge in [0.1, 0.15) is 6.04 Å². The first-order chi connectivity index (χ1) is 16.8. The first-order valence-corrected chi connectivity index (χ1v) is 13.1. The van der Waals surface area contributed by atoms with Gasteiger partial charge in [-0.25, -0.2) is 0 Å². The smallest absolute Gasteiger partial charge is 0.247 e. The Morgan fingerprint density at radius 1 is 1.23 bits per heavy atom. The second-order valence-electron chi connectivity index (χ2n) is 9.83. The standard InChI is InChI=1S/C27H35N3O4S/c1-5-14-28(4)24(32)21-20-12-13-27(35-20)22(21)25(33)30(18(3)17-31)23(27)26(34)29(15-6-2)16-19-10-8-7-9-11-19/h5-11,18,20-23,31H,1-2,12-17H2,3-4H3/t18-,20+,21-,22+,23?,27?/m1/s1. The van der Waals surface area contributed by atoms with E-state index in [1.54, 1.807) is 52.6 Å². The maximum absolute atomic E-state index is 14.2. The van der Waals surface area contributed by atoms with E-state index in [2.05, 4.69) is 13.2 Å². The van der Waals surface area contributed by atoms with E-state index in [4.69, 9.17) is 0 Å². The number of likely N-dealkylation sites (N-methyl/N-ethyl adjacent to an activating group) is 1. The van der Waals surface area contributed by atoms with Gasteiger partial charge in [0.05, 0.1) is 29.2 Å². The van der Waals surface area contributed by atoms with Crippen molar-refractivity contribution in [3.05, 3.63) is 61.2 Å². The minimum atomic E-state index is -0.733. The Morgan fingerprint density at radius 2 is 1.91 bits per heavy atom. The van der Waals surface area contributed by atoms with Gasteiger partial charge >= 0.3 is 0 Å². The summed E-state index contributed by atoms with van der Waals surface area (Å²) in [6.07, 6.45) is 4.86. The van der Waals surface area contributed by atoms with Crippen LogP contribution >= 0.6 is 11.8 Å². The third kappa shape index (κ3) is 4.20. The summed E-state index contributed by atoms with van der Waals surface area (Å²) >= 11 is 1.64. The second-order valence-corrected chi connectivity index (χ2v) is 11.4. The van der Waals surface area contributed by atoms with E-state index in [0.717, 1.165) is 12.0 Å². The van der Waals surface area contributed by atoms with Crippen LogP contribution in [0, 0.1) is 11.8 Å². The van der Waals surface area contributed by atoms with Crippen LogP contribution < -0.4 is 0 Å². The summed E-state index contributed by atoms with van der Waals surface area (Å²) in [4.78, 5) is 46.6. The number of carbonyl (C=O) groups is 3. The van der Waals surface area contributed by atoms with Crippen LogP contribution in [0.25, 0.3) is 0 Å². The lowest BCUT2D eigenvalue weighted by molar-refractivity contribution is -0.146. The first-order valence-electron chi connectivity index (χ1n) is 12.2.